The molecular formula is C9H9BrO2. The maximum Gasteiger partial charge on any atom is 0.231 e. The molecule has 3 heteroatoms. The Kier molecular flexibility index (Phi) is 2.21. The van der Waals surface area contributed by atoms with Crippen molar-refractivity contribution in [3.05, 3.63) is 23.8 Å². The molecule has 0 bridgehead atoms. The summed E-state index contributed by atoms with van der Waals surface area (Å²) in [6, 6.07) is 6.05. The standard InChI is InChI=1S/C9H9BrO2/c10-4-3-7-1-2-8-9(5-7)12-6-11-8/h1-2,5H,3-4,6H2. The fraction of sp³-hybridized carbons (Fsp3) is 0.333. The van der Waals surface area contributed by atoms with E-state index in [1.165, 1.54) is 5.56 Å². The molecule has 1 aromatic rings. The van der Waals surface area contributed by atoms with Crippen LogP contribution in [0.5, 0.6) is 11.5 Å². The van der Waals surface area contributed by atoms with Gasteiger partial charge in [0.1, 0.15) is 0 Å². The Morgan fingerprint density at radius 1 is 1.25 bits per heavy atom. The normalized spacial score (nSPS) is 13.4. The molecule has 0 saturated heterocycles. The van der Waals surface area contributed by atoms with E-state index >= 15 is 0 Å². The van der Waals surface area contributed by atoms with Crippen LogP contribution in [-0.2, 0) is 6.42 Å². The van der Waals surface area contributed by atoms with Gasteiger partial charge in [0.2, 0.25) is 6.79 Å². The van der Waals surface area contributed by atoms with Gasteiger partial charge in [-0.1, -0.05) is 22.0 Å². The van der Waals surface area contributed by atoms with E-state index in [2.05, 4.69) is 22.0 Å². The molecule has 12 heavy (non-hydrogen) atoms. The van der Waals surface area contributed by atoms with Crippen LogP contribution in [0.25, 0.3) is 0 Å². The molecule has 0 saturated carbocycles. The van der Waals surface area contributed by atoms with Crippen LogP contribution in [0.3, 0.4) is 0 Å². The molecule has 1 heterocycles. The van der Waals surface area contributed by atoms with Crippen molar-refractivity contribution in [3.8, 4) is 11.5 Å². The van der Waals surface area contributed by atoms with E-state index in [0.717, 1.165) is 23.2 Å². The molecule has 0 amide bonds. The van der Waals surface area contributed by atoms with E-state index in [0.29, 0.717) is 6.79 Å². The van der Waals surface area contributed by atoms with Crippen LogP contribution < -0.4 is 9.47 Å². The van der Waals surface area contributed by atoms with Crippen LogP contribution in [0.4, 0.5) is 0 Å². The fourth-order valence-corrected chi connectivity index (χ4v) is 1.66. The number of hydrogen-bond donors (Lipinski definition) is 0. The lowest BCUT2D eigenvalue weighted by molar-refractivity contribution is 0.174. The molecule has 0 radical (unpaired) electrons. The third-order valence-electron chi connectivity index (χ3n) is 1.82. The topological polar surface area (TPSA) is 18.5 Å². The average Bonchev–Trinajstić information content (AvgIpc) is 2.51. The maximum absolute atomic E-state index is 5.25. The van der Waals surface area contributed by atoms with E-state index < -0.39 is 0 Å². The van der Waals surface area contributed by atoms with Crippen LogP contribution >= 0.6 is 15.9 Å². The van der Waals surface area contributed by atoms with Gasteiger partial charge in [0.05, 0.1) is 0 Å². The molecule has 0 spiro atoms. The average molecular weight is 229 g/mol. The second kappa shape index (κ2) is 3.35. The molecule has 0 fully saturated rings. The lowest BCUT2D eigenvalue weighted by Gasteiger charge is -1.99. The van der Waals surface area contributed by atoms with Crippen LogP contribution in [0.2, 0.25) is 0 Å². The van der Waals surface area contributed by atoms with Crippen molar-refractivity contribution in [1.29, 1.82) is 0 Å². The molecule has 0 unspecified atom stereocenters. The summed E-state index contributed by atoms with van der Waals surface area (Å²) >= 11 is 3.39. The summed E-state index contributed by atoms with van der Waals surface area (Å²) < 4.78 is 10.4. The molecule has 1 aliphatic heterocycles. The minimum Gasteiger partial charge on any atom is -0.454 e. The second-order valence-corrected chi connectivity index (χ2v) is 3.42. The van der Waals surface area contributed by atoms with Gasteiger partial charge >= 0.3 is 0 Å². The van der Waals surface area contributed by atoms with Gasteiger partial charge in [0.25, 0.3) is 0 Å². The first kappa shape index (κ1) is 7.92. The Labute approximate surface area is 79.6 Å². The van der Waals surface area contributed by atoms with E-state index in [9.17, 15) is 0 Å². The number of ether oxygens (including phenoxy) is 2. The van der Waals surface area contributed by atoms with Crippen molar-refractivity contribution in [3.63, 3.8) is 0 Å². The molecule has 0 atom stereocenters. The molecular weight excluding hydrogens is 220 g/mol. The first-order valence-electron chi connectivity index (χ1n) is 3.84. The lowest BCUT2D eigenvalue weighted by Crippen LogP contribution is -1.92. The molecule has 2 nitrogen and oxygen atoms in total. The highest BCUT2D eigenvalue weighted by atomic mass is 79.9. The summed E-state index contributed by atoms with van der Waals surface area (Å²) in [6.45, 7) is 0.354. The van der Waals surface area contributed by atoms with Crippen LogP contribution in [-0.4, -0.2) is 12.1 Å². The first-order chi connectivity index (χ1) is 5.90. The van der Waals surface area contributed by atoms with E-state index in [1.54, 1.807) is 0 Å². The number of aryl methyl sites for hydroxylation is 1. The summed E-state index contributed by atoms with van der Waals surface area (Å²) in [5.74, 6) is 1.72. The quantitative estimate of drug-likeness (QED) is 0.724. The molecule has 0 N–H and O–H groups in total. The largest absolute Gasteiger partial charge is 0.454 e. The predicted molar refractivity (Wildman–Crippen MR) is 50.1 cm³/mol. The van der Waals surface area contributed by atoms with Crippen LogP contribution in [0.15, 0.2) is 18.2 Å². The predicted octanol–water partition coefficient (Wildman–Crippen LogP) is 2.35. The Balaban J connectivity index is 2.26. The molecule has 0 aliphatic carbocycles. The highest BCUT2D eigenvalue weighted by molar-refractivity contribution is 9.09. The van der Waals surface area contributed by atoms with Crippen molar-refractivity contribution in [1.82, 2.24) is 0 Å². The lowest BCUT2D eigenvalue weighted by atomic mass is 10.1. The molecule has 2 rings (SSSR count). The highest BCUT2D eigenvalue weighted by Crippen LogP contribution is 2.32. The summed E-state index contributed by atoms with van der Waals surface area (Å²) in [4.78, 5) is 0. The van der Waals surface area contributed by atoms with Crippen LogP contribution in [0.1, 0.15) is 5.56 Å². The summed E-state index contributed by atoms with van der Waals surface area (Å²) in [6.07, 6.45) is 1.02. The third kappa shape index (κ3) is 1.41. The van der Waals surface area contributed by atoms with E-state index in [-0.39, 0.29) is 0 Å². The Morgan fingerprint density at radius 2 is 2.08 bits per heavy atom. The summed E-state index contributed by atoms with van der Waals surface area (Å²) in [5.41, 5.74) is 1.27. The van der Waals surface area contributed by atoms with E-state index in [1.807, 2.05) is 12.1 Å². The number of fused-ring (bicyclic) bond motifs is 1. The zero-order valence-corrected chi connectivity index (χ0v) is 8.13. The number of benzene rings is 1. The SMILES string of the molecule is BrCCc1ccc2c(c1)OCO2. The monoisotopic (exact) mass is 228 g/mol. The zero-order valence-electron chi connectivity index (χ0n) is 6.55. The first-order valence-corrected chi connectivity index (χ1v) is 4.97. The highest BCUT2D eigenvalue weighted by Gasteiger charge is 2.12. The van der Waals surface area contributed by atoms with Gasteiger partial charge in [0, 0.05) is 5.33 Å². The molecule has 1 aromatic carbocycles. The molecule has 0 aromatic heterocycles. The van der Waals surface area contributed by atoms with Gasteiger partial charge in [0.15, 0.2) is 11.5 Å². The van der Waals surface area contributed by atoms with Crippen molar-refractivity contribution >= 4 is 15.9 Å². The number of hydrogen-bond acceptors (Lipinski definition) is 2. The van der Waals surface area contributed by atoms with Gasteiger partial charge in [-0.2, -0.15) is 0 Å². The Bertz CT molecular complexity index is 286. The second-order valence-electron chi connectivity index (χ2n) is 2.63. The van der Waals surface area contributed by atoms with Crippen molar-refractivity contribution in [2.45, 2.75) is 6.42 Å². The summed E-state index contributed by atoms with van der Waals surface area (Å²) in [5, 5.41) is 0.979. The minimum absolute atomic E-state index is 0.354. The minimum atomic E-state index is 0.354. The van der Waals surface area contributed by atoms with Crippen molar-refractivity contribution in [2.75, 3.05) is 12.1 Å². The third-order valence-corrected chi connectivity index (χ3v) is 2.22. The van der Waals surface area contributed by atoms with Gasteiger partial charge < -0.3 is 9.47 Å². The molecule has 1 aliphatic rings. The van der Waals surface area contributed by atoms with Crippen molar-refractivity contribution in [2.24, 2.45) is 0 Å². The van der Waals surface area contributed by atoms with Crippen LogP contribution in [0, 0.1) is 0 Å². The Morgan fingerprint density at radius 3 is 2.92 bits per heavy atom. The van der Waals surface area contributed by atoms with Gasteiger partial charge in [-0.15, -0.1) is 0 Å². The van der Waals surface area contributed by atoms with E-state index in [4.69, 9.17) is 9.47 Å². The maximum atomic E-state index is 5.25. The van der Waals surface area contributed by atoms with Crippen molar-refractivity contribution < 1.29 is 9.47 Å². The molecule has 64 valence electrons. The number of halogens is 1. The van der Waals surface area contributed by atoms with Gasteiger partial charge in [-0.25, -0.2) is 0 Å². The smallest absolute Gasteiger partial charge is 0.231 e. The number of rotatable bonds is 2. The van der Waals surface area contributed by atoms with Gasteiger partial charge in [-0.3, -0.25) is 0 Å². The zero-order chi connectivity index (χ0) is 8.39. The van der Waals surface area contributed by atoms with Gasteiger partial charge in [-0.05, 0) is 24.1 Å². The fourth-order valence-electron chi connectivity index (χ4n) is 1.21. The Hall–Kier alpha value is -0.700. The summed E-state index contributed by atoms with van der Waals surface area (Å²) in [7, 11) is 0. The number of alkyl halides is 1.